The lowest BCUT2D eigenvalue weighted by atomic mass is 10.1. The quantitative estimate of drug-likeness (QED) is 0.619. The van der Waals surface area contributed by atoms with Crippen molar-refractivity contribution in [2.24, 2.45) is 0 Å². The van der Waals surface area contributed by atoms with E-state index in [0.717, 1.165) is 10.8 Å². The third kappa shape index (κ3) is 1.68. The van der Waals surface area contributed by atoms with Crippen molar-refractivity contribution < 1.29 is 0 Å². The Kier molecular flexibility index (Phi) is 2.64. The first kappa shape index (κ1) is 7.96. The van der Waals surface area contributed by atoms with Gasteiger partial charge in [0, 0.05) is 10.8 Å². The van der Waals surface area contributed by atoms with Crippen LogP contribution in [-0.2, 0) is 5.75 Å². The lowest BCUT2D eigenvalue weighted by Gasteiger charge is -2.00. The molecule has 0 nitrogen and oxygen atoms in total. The van der Waals surface area contributed by atoms with E-state index in [-0.39, 0.29) is 0 Å². The third-order valence-corrected chi connectivity index (χ3v) is 2.06. The second-order valence-electron chi connectivity index (χ2n) is 2.23. The number of halogens is 1. The summed E-state index contributed by atoms with van der Waals surface area (Å²) in [6.07, 6.45) is 0. The second-order valence-corrected chi connectivity index (χ2v) is 2.98. The first-order chi connectivity index (χ1) is 4.74. The molecule has 1 rings (SSSR count). The molecule has 0 fully saturated rings. The third-order valence-electron chi connectivity index (χ3n) is 1.48. The lowest BCUT2D eigenvalue weighted by Crippen LogP contribution is -1.82. The molecule has 2 heteroatoms. The van der Waals surface area contributed by atoms with Gasteiger partial charge in [-0.05, 0) is 30.2 Å². The molecule has 0 aliphatic heterocycles. The van der Waals surface area contributed by atoms with E-state index in [4.69, 9.17) is 11.6 Å². The Morgan fingerprint density at radius 3 is 2.70 bits per heavy atom. The minimum atomic E-state index is 0.756. The van der Waals surface area contributed by atoms with Gasteiger partial charge in [0.15, 0.2) is 0 Å². The molecule has 1 aromatic rings. The van der Waals surface area contributed by atoms with Crippen molar-refractivity contribution in [2.45, 2.75) is 12.7 Å². The van der Waals surface area contributed by atoms with Crippen LogP contribution in [-0.4, -0.2) is 0 Å². The zero-order valence-electron chi connectivity index (χ0n) is 5.76. The maximum atomic E-state index is 5.76. The molecule has 0 heterocycles. The summed E-state index contributed by atoms with van der Waals surface area (Å²) in [7, 11) is 0. The van der Waals surface area contributed by atoms with E-state index in [1.165, 1.54) is 11.1 Å². The Morgan fingerprint density at radius 2 is 2.20 bits per heavy atom. The molecular formula is C8H9ClS. The van der Waals surface area contributed by atoms with Crippen LogP contribution in [0.15, 0.2) is 18.2 Å². The zero-order valence-corrected chi connectivity index (χ0v) is 7.41. The van der Waals surface area contributed by atoms with Crippen LogP contribution < -0.4 is 0 Å². The van der Waals surface area contributed by atoms with E-state index in [1.807, 2.05) is 18.2 Å². The maximum Gasteiger partial charge on any atom is 0.0409 e. The normalized spacial score (nSPS) is 9.90. The molecule has 0 aliphatic rings. The highest BCUT2D eigenvalue weighted by Crippen LogP contribution is 2.16. The summed E-state index contributed by atoms with van der Waals surface area (Å²) in [6.45, 7) is 2.06. The van der Waals surface area contributed by atoms with Crippen LogP contribution in [0.4, 0.5) is 0 Å². The van der Waals surface area contributed by atoms with Gasteiger partial charge in [0.25, 0.3) is 0 Å². The van der Waals surface area contributed by atoms with Gasteiger partial charge in [0.05, 0.1) is 0 Å². The largest absolute Gasteiger partial charge is 0.175 e. The smallest absolute Gasteiger partial charge is 0.0409 e. The van der Waals surface area contributed by atoms with E-state index in [2.05, 4.69) is 19.6 Å². The number of benzene rings is 1. The molecule has 0 bridgehead atoms. The van der Waals surface area contributed by atoms with Crippen molar-refractivity contribution in [2.75, 3.05) is 0 Å². The van der Waals surface area contributed by atoms with Crippen molar-refractivity contribution >= 4 is 24.2 Å². The van der Waals surface area contributed by atoms with Gasteiger partial charge in [-0.3, -0.25) is 0 Å². The molecule has 10 heavy (non-hydrogen) atoms. The monoisotopic (exact) mass is 172 g/mol. The topological polar surface area (TPSA) is 0 Å². The van der Waals surface area contributed by atoms with Crippen molar-refractivity contribution in [3.05, 3.63) is 34.3 Å². The van der Waals surface area contributed by atoms with Crippen molar-refractivity contribution in [1.29, 1.82) is 0 Å². The SMILES string of the molecule is Cc1ccc(Cl)cc1CS. The predicted octanol–water partition coefficient (Wildman–Crippen LogP) is 3.08. The Morgan fingerprint density at radius 1 is 1.50 bits per heavy atom. The van der Waals surface area contributed by atoms with Gasteiger partial charge in [-0.1, -0.05) is 17.7 Å². The number of thiol groups is 1. The van der Waals surface area contributed by atoms with Gasteiger partial charge in [0.2, 0.25) is 0 Å². The fraction of sp³-hybridized carbons (Fsp3) is 0.250. The van der Waals surface area contributed by atoms with E-state index < -0.39 is 0 Å². The van der Waals surface area contributed by atoms with E-state index >= 15 is 0 Å². The summed E-state index contributed by atoms with van der Waals surface area (Å²) in [5, 5.41) is 0.787. The fourth-order valence-corrected chi connectivity index (χ4v) is 1.35. The molecule has 0 saturated heterocycles. The van der Waals surface area contributed by atoms with Gasteiger partial charge >= 0.3 is 0 Å². The number of aryl methyl sites for hydroxylation is 1. The Balaban J connectivity index is 3.09. The number of rotatable bonds is 1. The molecule has 0 saturated carbocycles. The minimum Gasteiger partial charge on any atom is -0.175 e. The maximum absolute atomic E-state index is 5.76. The Hall–Kier alpha value is -0.140. The number of hydrogen-bond donors (Lipinski definition) is 1. The molecule has 0 aromatic heterocycles. The molecule has 0 spiro atoms. The molecule has 0 aliphatic carbocycles. The summed E-state index contributed by atoms with van der Waals surface area (Å²) in [6, 6.07) is 5.85. The van der Waals surface area contributed by atoms with Crippen LogP contribution in [0.1, 0.15) is 11.1 Å². The lowest BCUT2D eigenvalue weighted by molar-refractivity contribution is 1.32. The van der Waals surface area contributed by atoms with Crippen molar-refractivity contribution in [3.8, 4) is 0 Å². The van der Waals surface area contributed by atoms with Gasteiger partial charge in [-0.15, -0.1) is 0 Å². The summed E-state index contributed by atoms with van der Waals surface area (Å²) in [5.74, 6) is 0.756. The molecule has 1 aromatic carbocycles. The predicted molar refractivity (Wildman–Crippen MR) is 48.9 cm³/mol. The molecule has 0 unspecified atom stereocenters. The summed E-state index contributed by atoms with van der Waals surface area (Å²) in [4.78, 5) is 0. The van der Waals surface area contributed by atoms with Crippen LogP contribution in [0.25, 0.3) is 0 Å². The van der Waals surface area contributed by atoms with Crippen LogP contribution in [0.5, 0.6) is 0 Å². The summed E-state index contributed by atoms with van der Waals surface area (Å²) >= 11 is 9.93. The second kappa shape index (κ2) is 3.31. The highest BCUT2D eigenvalue weighted by molar-refractivity contribution is 7.79. The first-order valence-corrected chi connectivity index (χ1v) is 4.11. The van der Waals surface area contributed by atoms with Gasteiger partial charge < -0.3 is 0 Å². The van der Waals surface area contributed by atoms with Gasteiger partial charge in [0.1, 0.15) is 0 Å². The van der Waals surface area contributed by atoms with Gasteiger partial charge in [-0.2, -0.15) is 12.6 Å². The average Bonchev–Trinajstić information content (AvgIpc) is 1.94. The van der Waals surface area contributed by atoms with E-state index in [1.54, 1.807) is 0 Å². The standard InChI is InChI=1S/C8H9ClS/c1-6-2-3-8(9)4-7(6)5-10/h2-4,10H,5H2,1H3. The minimum absolute atomic E-state index is 0.756. The van der Waals surface area contributed by atoms with E-state index in [0.29, 0.717) is 0 Å². The Bertz CT molecular complexity index is 233. The van der Waals surface area contributed by atoms with Crippen molar-refractivity contribution in [1.82, 2.24) is 0 Å². The molecule has 0 N–H and O–H groups in total. The molecule has 0 amide bonds. The first-order valence-electron chi connectivity index (χ1n) is 3.10. The van der Waals surface area contributed by atoms with Crippen LogP contribution >= 0.6 is 24.2 Å². The highest BCUT2D eigenvalue weighted by atomic mass is 35.5. The van der Waals surface area contributed by atoms with Crippen molar-refractivity contribution in [3.63, 3.8) is 0 Å². The fourth-order valence-electron chi connectivity index (χ4n) is 0.810. The molecule has 54 valence electrons. The summed E-state index contributed by atoms with van der Waals surface area (Å²) in [5.41, 5.74) is 2.45. The highest BCUT2D eigenvalue weighted by Gasteiger charge is 1.95. The summed E-state index contributed by atoms with van der Waals surface area (Å²) < 4.78 is 0. The molecular weight excluding hydrogens is 164 g/mol. The molecule has 0 radical (unpaired) electrons. The number of hydrogen-bond acceptors (Lipinski definition) is 1. The van der Waals surface area contributed by atoms with Crippen LogP contribution in [0.3, 0.4) is 0 Å². The van der Waals surface area contributed by atoms with Crippen LogP contribution in [0.2, 0.25) is 5.02 Å². The Labute approximate surface area is 71.6 Å². The van der Waals surface area contributed by atoms with Gasteiger partial charge in [-0.25, -0.2) is 0 Å². The van der Waals surface area contributed by atoms with Crippen LogP contribution in [0, 0.1) is 6.92 Å². The molecule has 0 atom stereocenters. The average molecular weight is 173 g/mol. The zero-order chi connectivity index (χ0) is 7.56. The van der Waals surface area contributed by atoms with E-state index in [9.17, 15) is 0 Å².